The van der Waals surface area contributed by atoms with Gasteiger partial charge in [0.1, 0.15) is 11.1 Å². The second kappa shape index (κ2) is 5.32. The van der Waals surface area contributed by atoms with Crippen LogP contribution in [0, 0.1) is 11.3 Å². The van der Waals surface area contributed by atoms with Crippen LogP contribution >= 0.6 is 11.8 Å². The quantitative estimate of drug-likeness (QED) is 0.838. The first-order valence-corrected chi connectivity index (χ1v) is 6.87. The van der Waals surface area contributed by atoms with Crippen LogP contribution in [0.1, 0.15) is 37.3 Å². The Morgan fingerprint density at radius 2 is 2.16 bits per heavy atom. The number of nitriles is 1. The van der Waals surface area contributed by atoms with Crippen LogP contribution in [-0.2, 0) is 0 Å². The second-order valence-corrected chi connectivity index (χ2v) is 5.26. The summed E-state index contributed by atoms with van der Waals surface area (Å²) in [5.41, 5.74) is 0.487. The molecule has 0 aliphatic heterocycles. The van der Waals surface area contributed by atoms with Crippen molar-refractivity contribution in [3.05, 3.63) is 17.8 Å². The van der Waals surface area contributed by atoms with Gasteiger partial charge in [-0.15, -0.1) is 10.2 Å². The summed E-state index contributed by atoms with van der Waals surface area (Å²) < 4.78 is 1.84. The zero-order chi connectivity index (χ0) is 13.1. The smallest absolute Gasteiger partial charge is 0.215 e. The highest BCUT2D eigenvalue weighted by molar-refractivity contribution is 7.99. The van der Waals surface area contributed by atoms with Crippen LogP contribution < -0.4 is 0 Å². The Morgan fingerprint density at radius 3 is 2.95 bits per heavy atom. The molecular formula is C11H11N7S. The predicted molar refractivity (Wildman–Crippen MR) is 66.2 cm³/mol. The minimum Gasteiger partial charge on any atom is -0.217 e. The molecule has 0 amide bonds. The molecule has 19 heavy (non-hydrogen) atoms. The van der Waals surface area contributed by atoms with Crippen LogP contribution in [-0.4, -0.2) is 30.4 Å². The van der Waals surface area contributed by atoms with Crippen molar-refractivity contribution in [3.8, 4) is 6.07 Å². The molecular weight excluding hydrogens is 262 g/mol. The van der Waals surface area contributed by atoms with Crippen LogP contribution in [0.15, 0.2) is 22.4 Å². The number of hydrogen-bond acceptors (Lipinski definition) is 7. The summed E-state index contributed by atoms with van der Waals surface area (Å²) in [5, 5.41) is 29.8. The van der Waals surface area contributed by atoms with Gasteiger partial charge in [-0.3, -0.25) is 0 Å². The van der Waals surface area contributed by atoms with Crippen molar-refractivity contribution >= 4 is 11.8 Å². The van der Waals surface area contributed by atoms with Crippen molar-refractivity contribution < 1.29 is 0 Å². The van der Waals surface area contributed by atoms with Crippen molar-refractivity contribution in [2.24, 2.45) is 0 Å². The molecule has 2 heterocycles. The number of rotatable bonds is 3. The Bertz CT molecular complexity index is 612. The maximum absolute atomic E-state index is 9.04. The Kier molecular flexibility index (Phi) is 3.37. The summed E-state index contributed by atoms with van der Waals surface area (Å²) in [5.74, 6) is 0. The highest BCUT2D eigenvalue weighted by atomic mass is 32.2. The third kappa shape index (κ3) is 2.42. The molecule has 96 valence electrons. The normalized spacial score (nSPS) is 15.5. The summed E-state index contributed by atoms with van der Waals surface area (Å²) in [7, 11) is 0. The molecule has 0 spiro atoms. The molecule has 0 aromatic carbocycles. The summed E-state index contributed by atoms with van der Waals surface area (Å²) in [6.45, 7) is 0. The topological polar surface area (TPSA) is 93.2 Å². The molecule has 0 N–H and O–H groups in total. The van der Waals surface area contributed by atoms with E-state index in [1.165, 1.54) is 30.8 Å². The van der Waals surface area contributed by atoms with E-state index in [9.17, 15) is 0 Å². The Labute approximate surface area is 114 Å². The van der Waals surface area contributed by atoms with Gasteiger partial charge in [-0.25, -0.2) is 4.68 Å². The third-order valence-corrected chi connectivity index (χ3v) is 4.07. The van der Waals surface area contributed by atoms with E-state index in [0.29, 0.717) is 21.8 Å². The Hall–Kier alpha value is -2.01. The molecule has 2 aromatic rings. The van der Waals surface area contributed by atoms with Gasteiger partial charge in [-0.1, -0.05) is 12.8 Å². The molecule has 0 unspecified atom stereocenters. The fourth-order valence-corrected chi connectivity index (χ4v) is 3.04. The van der Waals surface area contributed by atoms with Crippen LogP contribution in [0.4, 0.5) is 0 Å². The van der Waals surface area contributed by atoms with E-state index in [-0.39, 0.29) is 0 Å². The van der Waals surface area contributed by atoms with Gasteiger partial charge < -0.3 is 0 Å². The highest BCUT2D eigenvalue weighted by Gasteiger charge is 2.22. The monoisotopic (exact) mass is 273 g/mol. The van der Waals surface area contributed by atoms with Crippen LogP contribution in [0.3, 0.4) is 0 Å². The molecule has 1 fully saturated rings. The van der Waals surface area contributed by atoms with E-state index in [1.54, 1.807) is 6.07 Å². The first kappa shape index (κ1) is 12.0. The Balaban J connectivity index is 1.88. The number of tetrazole rings is 1. The molecule has 0 bridgehead atoms. The van der Waals surface area contributed by atoms with E-state index in [2.05, 4.69) is 31.8 Å². The summed E-state index contributed by atoms with van der Waals surface area (Å²) in [4.78, 5) is 0. The third-order valence-electron chi connectivity index (χ3n) is 3.13. The average molecular weight is 273 g/mol. The van der Waals surface area contributed by atoms with Crippen molar-refractivity contribution in [3.63, 3.8) is 0 Å². The number of aromatic nitrogens is 6. The van der Waals surface area contributed by atoms with Crippen molar-refractivity contribution in [2.75, 3.05) is 0 Å². The largest absolute Gasteiger partial charge is 0.217 e. The second-order valence-electron chi connectivity index (χ2n) is 4.31. The van der Waals surface area contributed by atoms with Crippen molar-refractivity contribution in [1.82, 2.24) is 30.4 Å². The minimum atomic E-state index is 0.361. The minimum absolute atomic E-state index is 0.361. The molecule has 1 aliphatic carbocycles. The lowest BCUT2D eigenvalue weighted by Crippen LogP contribution is -2.08. The van der Waals surface area contributed by atoms with E-state index in [1.807, 2.05) is 4.68 Å². The van der Waals surface area contributed by atoms with Gasteiger partial charge in [-0.05, 0) is 41.1 Å². The molecule has 0 radical (unpaired) electrons. The zero-order valence-corrected chi connectivity index (χ0v) is 10.9. The summed E-state index contributed by atoms with van der Waals surface area (Å²) in [6, 6.07) is 4.09. The highest BCUT2D eigenvalue weighted by Crippen LogP contribution is 2.33. The van der Waals surface area contributed by atoms with Gasteiger partial charge in [0.05, 0.1) is 17.8 Å². The first-order valence-electron chi connectivity index (χ1n) is 6.06. The van der Waals surface area contributed by atoms with Gasteiger partial charge in [0.2, 0.25) is 5.16 Å². The first-order chi connectivity index (χ1) is 9.38. The van der Waals surface area contributed by atoms with Crippen LogP contribution in [0.2, 0.25) is 0 Å². The number of nitrogens with zero attached hydrogens (tertiary/aromatic N) is 7. The SMILES string of the molecule is N#Cc1ccnnc1Sc1nnnn1C1CCCC1. The fraction of sp³-hybridized carbons (Fsp3) is 0.455. The standard InChI is InChI=1S/C11H11N7S/c12-7-8-5-6-13-14-10(8)19-11-15-16-17-18(11)9-3-1-2-4-9/h5-6,9H,1-4H2. The molecule has 2 aromatic heterocycles. The van der Waals surface area contributed by atoms with Gasteiger partial charge in [0, 0.05) is 0 Å². The fourth-order valence-electron chi connectivity index (χ4n) is 2.20. The van der Waals surface area contributed by atoms with Crippen molar-refractivity contribution in [2.45, 2.75) is 41.9 Å². The van der Waals surface area contributed by atoms with Crippen LogP contribution in [0.25, 0.3) is 0 Å². The Morgan fingerprint density at radius 1 is 1.32 bits per heavy atom. The predicted octanol–water partition coefficient (Wildman–Crippen LogP) is 1.60. The molecule has 7 nitrogen and oxygen atoms in total. The average Bonchev–Trinajstić information content (AvgIpc) is 3.09. The molecule has 0 saturated heterocycles. The van der Waals surface area contributed by atoms with Gasteiger partial charge in [0.25, 0.3) is 0 Å². The van der Waals surface area contributed by atoms with Crippen LogP contribution in [0.5, 0.6) is 0 Å². The van der Waals surface area contributed by atoms with Gasteiger partial charge in [0.15, 0.2) is 0 Å². The molecule has 3 rings (SSSR count). The summed E-state index contributed by atoms with van der Waals surface area (Å²) >= 11 is 1.29. The van der Waals surface area contributed by atoms with Gasteiger partial charge in [-0.2, -0.15) is 10.4 Å². The lowest BCUT2D eigenvalue weighted by atomic mass is 10.3. The molecule has 8 heteroatoms. The molecule has 1 saturated carbocycles. The van der Waals surface area contributed by atoms with E-state index >= 15 is 0 Å². The maximum Gasteiger partial charge on any atom is 0.215 e. The number of hydrogen-bond donors (Lipinski definition) is 0. The zero-order valence-electron chi connectivity index (χ0n) is 10.1. The lowest BCUT2D eigenvalue weighted by Gasteiger charge is -2.10. The van der Waals surface area contributed by atoms with Gasteiger partial charge >= 0.3 is 0 Å². The lowest BCUT2D eigenvalue weighted by molar-refractivity contribution is 0.423. The molecule has 1 aliphatic rings. The van der Waals surface area contributed by atoms with E-state index in [4.69, 9.17) is 5.26 Å². The maximum atomic E-state index is 9.04. The molecule has 0 atom stereocenters. The van der Waals surface area contributed by atoms with E-state index in [0.717, 1.165) is 12.8 Å². The van der Waals surface area contributed by atoms with E-state index < -0.39 is 0 Å². The summed E-state index contributed by atoms with van der Waals surface area (Å²) in [6.07, 6.45) is 6.13. The van der Waals surface area contributed by atoms with Crippen molar-refractivity contribution in [1.29, 1.82) is 5.26 Å².